The minimum atomic E-state index is -0.361. The Morgan fingerprint density at radius 1 is 1.32 bits per heavy atom. The average Bonchev–Trinajstić information content (AvgIpc) is 2.39. The average molecular weight is 274 g/mol. The van der Waals surface area contributed by atoms with Crippen molar-refractivity contribution in [3.8, 4) is 6.07 Å². The van der Waals surface area contributed by atoms with E-state index in [0.29, 0.717) is 22.8 Å². The number of aryl methyl sites for hydroxylation is 1. The molecule has 0 spiro atoms. The van der Waals surface area contributed by atoms with Gasteiger partial charge in [0.25, 0.3) is 5.56 Å². The van der Waals surface area contributed by atoms with Crippen molar-refractivity contribution in [3.05, 3.63) is 62.0 Å². The summed E-state index contributed by atoms with van der Waals surface area (Å²) in [5.41, 5.74) is 2.03. The molecule has 0 aliphatic rings. The van der Waals surface area contributed by atoms with Crippen molar-refractivity contribution in [2.24, 2.45) is 0 Å². The lowest BCUT2D eigenvalue weighted by atomic mass is 10.1. The van der Waals surface area contributed by atoms with Crippen LogP contribution in [0.2, 0.25) is 5.02 Å². The van der Waals surface area contributed by atoms with Gasteiger partial charge in [0.05, 0.1) is 12.2 Å². The molecule has 19 heavy (non-hydrogen) atoms. The lowest BCUT2D eigenvalue weighted by Crippen LogP contribution is -2.27. The van der Waals surface area contributed by atoms with E-state index in [1.807, 2.05) is 18.2 Å². The first kappa shape index (κ1) is 13.3. The fourth-order valence-electron chi connectivity index (χ4n) is 1.77. The van der Waals surface area contributed by atoms with Gasteiger partial charge in [-0.1, -0.05) is 23.7 Å². The Balaban J connectivity index is 2.47. The SMILES string of the molecule is Cc1nn(Cc2ccc(Cl)cc2)c(=O)c(C#N)c1C. The monoisotopic (exact) mass is 273 g/mol. The summed E-state index contributed by atoms with van der Waals surface area (Å²) in [6.07, 6.45) is 0. The maximum atomic E-state index is 12.1. The van der Waals surface area contributed by atoms with Crippen LogP contribution in [0.1, 0.15) is 22.4 Å². The zero-order valence-electron chi connectivity index (χ0n) is 10.6. The van der Waals surface area contributed by atoms with Gasteiger partial charge in [-0.2, -0.15) is 10.4 Å². The molecular weight excluding hydrogens is 262 g/mol. The van der Waals surface area contributed by atoms with Crippen molar-refractivity contribution < 1.29 is 0 Å². The molecule has 1 heterocycles. The molecule has 4 nitrogen and oxygen atoms in total. The van der Waals surface area contributed by atoms with E-state index >= 15 is 0 Å². The Morgan fingerprint density at radius 3 is 2.53 bits per heavy atom. The second kappa shape index (κ2) is 5.25. The maximum Gasteiger partial charge on any atom is 0.285 e. The predicted molar refractivity (Wildman–Crippen MR) is 73.2 cm³/mol. The molecule has 1 aromatic heterocycles. The molecule has 5 heteroatoms. The zero-order chi connectivity index (χ0) is 14.0. The maximum absolute atomic E-state index is 12.1. The number of hydrogen-bond acceptors (Lipinski definition) is 3. The van der Waals surface area contributed by atoms with Gasteiger partial charge >= 0.3 is 0 Å². The van der Waals surface area contributed by atoms with Crippen LogP contribution < -0.4 is 5.56 Å². The molecular formula is C14H12ClN3O. The lowest BCUT2D eigenvalue weighted by Gasteiger charge is -2.09. The summed E-state index contributed by atoms with van der Waals surface area (Å²) in [5, 5.41) is 13.9. The van der Waals surface area contributed by atoms with Gasteiger partial charge in [-0.15, -0.1) is 0 Å². The topological polar surface area (TPSA) is 58.7 Å². The molecule has 0 aliphatic heterocycles. The van der Waals surface area contributed by atoms with Crippen LogP contribution in [-0.2, 0) is 6.54 Å². The van der Waals surface area contributed by atoms with Gasteiger partial charge in [0, 0.05) is 5.02 Å². The Hall–Kier alpha value is -2.12. The van der Waals surface area contributed by atoms with Gasteiger partial charge in [-0.3, -0.25) is 4.79 Å². The summed E-state index contributed by atoms with van der Waals surface area (Å²) in [7, 11) is 0. The fourth-order valence-corrected chi connectivity index (χ4v) is 1.90. The number of nitrogens with zero attached hydrogens (tertiary/aromatic N) is 3. The van der Waals surface area contributed by atoms with E-state index in [1.54, 1.807) is 26.0 Å². The largest absolute Gasteiger partial charge is 0.285 e. The molecule has 96 valence electrons. The Morgan fingerprint density at radius 2 is 1.95 bits per heavy atom. The van der Waals surface area contributed by atoms with Crippen LogP contribution in [0, 0.1) is 25.2 Å². The molecule has 0 unspecified atom stereocenters. The van der Waals surface area contributed by atoms with E-state index in [0.717, 1.165) is 5.56 Å². The van der Waals surface area contributed by atoms with Crippen LogP contribution in [0.3, 0.4) is 0 Å². The first-order chi connectivity index (χ1) is 9.02. The Kier molecular flexibility index (Phi) is 3.68. The highest BCUT2D eigenvalue weighted by Crippen LogP contribution is 2.11. The van der Waals surface area contributed by atoms with Crippen LogP contribution in [0.5, 0.6) is 0 Å². The Bertz CT molecular complexity index is 711. The fraction of sp³-hybridized carbons (Fsp3) is 0.214. The summed E-state index contributed by atoms with van der Waals surface area (Å²) in [6.45, 7) is 3.84. The molecule has 0 N–H and O–H groups in total. The van der Waals surface area contributed by atoms with Crippen molar-refractivity contribution in [3.63, 3.8) is 0 Å². The summed E-state index contributed by atoms with van der Waals surface area (Å²) >= 11 is 5.81. The molecule has 0 atom stereocenters. The molecule has 0 fully saturated rings. The summed E-state index contributed by atoms with van der Waals surface area (Å²) in [4.78, 5) is 12.1. The first-order valence-corrected chi connectivity index (χ1v) is 6.13. The van der Waals surface area contributed by atoms with Crippen molar-refractivity contribution >= 4 is 11.6 Å². The van der Waals surface area contributed by atoms with Gasteiger partial charge in [0.2, 0.25) is 0 Å². The van der Waals surface area contributed by atoms with Gasteiger partial charge in [0.1, 0.15) is 11.6 Å². The van der Waals surface area contributed by atoms with Crippen LogP contribution in [0.25, 0.3) is 0 Å². The van der Waals surface area contributed by atoms with Gasteiger partial charge in [0.15, 0.2) is 0 Å². The Labute approximate surface area is 115 Å². The van der Waals surface area contributed by atoms with Crippen molar-refractivity contribution in [1.82, 2.24) is 9.78 Å². The predicted octanol–water partition coefficient (Wildman–Crippen LogP) is 2.43. The molecule has 1 aromatic carbocycles. The van der Waals surface area contributed by atoms with Crippen molar-refractivity contribution in [2.45, 2.75) is 20.4 Å². The molecule has 2 aromatic rings. The number of hydrogen-bond donors (Lipinski definition) is 0. The van der Waals surface area contributed by atoms with Crippen LogP contribution in [-0.4, -0.2) is 9.78 Å². The van der Waals surface area contributed by atoms with E-state index in [4.69, 9.17) is 16.9 Å². The van der Waals surface area contributed by atoms with Crippen LogP contribution >= 0.6 is 11.6 Å². The highest BCUT2D eigenvalue weighted by atomic mass is 35.5. The number of rotatable bonds is 2. The van der Waals surface area contributed by atoms with Crippen LogP contribution in [0.15, 0.2) is 29.1 Å². The molecule has 0 saturated carbocycles. The minimum absolute atomic E-state index is 0.154. The van der Waals surface area contributed by atoms with E-state index in [2.05, 4.69) is 5.10 Å². The van der Waals surface area contributed by atoms with E-state index in [1.165, 1.54) is 4.68 Å². The van der Waals surface area contributed by atoms with E-state index in [-0.39, 0.29) is 11.1 Å². The molecule has 0 amide bonds. The highest BCUT2D eigenvalue weighted by Gasteiger charge is 2.11. The number of aromatic nitrogens is 2. The second-order valence-corrected chi connectivity index (χ2v) is 4.72. The third-order valence-corrected chi connectivity index (χ3v) is 3.25. The van der Waals surface area contributed by atoms with E-state index in [9.17, 15) is 4.79 Å². The van der Waals surface area contributed by atoms with Gasteiger partial charge in [-0.25, -0.2) is 4.68 Å². The molecule has 0 radical (unpaired) electrons. The third kappa shape index (κ3) is 2.67. The summed E-state index contributed by atoms with van der Waals surface area (Å²) in [5.74, 6) is 0. The van der Waals surface area contributed by atoms with Gasteiger partial charge < -0.3 is 0 Å². The highest BCUT2D eigenvalue weighted by molar-refractivity contribution is 6.30. The van der Waals surface area contributed by atoms with Crippen molar-refractivity contribution in [2.75, 3.05) is 0 Å². The van der Waals surface area contributed by atoms with E-state index < -0.39 is 0 Å². The zero-order valence-corrected chi connectivity index (χ0v) is 11.4. The number of benzene rings is 1. The molecule has 0 bridgehead atoms. The smallest absolute Gasteiger partial charge is 0.266 e. The second-order valence-electron chi connectivity index (χ2n) is 4.29. The van der Waals surface area contributed by atoms with Crippen LogP contribution in [0.4, 0.5) is 0 Å². The molecule has 0 aliphatic carbocycles. The first-order valence-electron chi connectivity index (χ1n) is 5.76. The minimum Gasteiger partial charge on any atom is -0.266 e. The lowest BCUT2D eigenvalue weighted by molar-refractivity contribution is 0.622. The normalized spacial score (nSPS) is 10.2. The summed E-state index contributed by atoms with van der Waals surface area (Å²) in [6, 6.07) is 9.12. The number of nitriles is 1. The standard InChI is InChI=1S/C14H12ClN3O/c1-9-10(2)17-18(14(19)13(9)7-16)8-11-3-5-12(15)6-4-11/h3-6H,8H2,1-2H3. The third-order valence-electron chi connectivity index (χ3n) is 2.99. The van der Waals surface area contributed by atoms with Gasteiger partial charge in [-0.05, 0) is 37.1 Å². The van der Waals surface area contributed by atoms with Crippen molar-refractivity contribution in [1.29, 1.82) is 5.26 Å². The summed E-state index contributed by atoms with van der Waals surface area (Å²) < 4.78 is 1.31. The number of halogens is 1. The quantitative estimate of drug-likeness (QED) is 0.844. The molecule has 0 saturated heterocycles. The molecule has 2 rings (SSSR count).